The second kappa shape index (κ2) is 63.6. The third kappa shape index (κ3) is 45.5. The van der Waals surface area contributed by atoms with Gasteiger partial charge in [0.2, 0.25) is 47.3 Å². The highest BCUT2D eigenvalue weighted by Gasteiger charge is 2.48. The SMILES string of the molecule is CC(=O)NC1C(OCCOCCOCCNC(=O)CCOCC(COCCC(=O)NCCOCCOCCOC2OC(CO)C(O)C(O)C2NC(C)=O)(COCCC(=O)NCCOCCOCCOC2OC(CO)C(O)C(O)C2NC(C)=O)NC(=O)CCCCCCCCCCC(=O)NCCO[C@@](C)(OCCN)C(C)(C)C)OC(CO)C(O)C1O. The van der Waals surface area contributed by atoms with E-state index in [9.17, 15) is 84.3 Å². The fourth-order valence-electron chi connectivity index (χ4n) is 12.3. The number of aliphatic hydroxyl groups excluding tert-OH is 9. The van der Waals surface area contributed by atoms with E-state index in [1.165, 1.54) is 20.8 Å². The van der Waals surface area contributed by atoms with Gasteiger partial charge in [-0.15, -0.1) is 0 Å². The first-order valence-corrected chi connectivity index (χ1v) is 41.5. The van der Waals surface area contributed by atoms with Crippen LogP contribution >= 0.6 is 0 Å². The Morgan fingerprint density at radius 1 is 0.333 bits per heavy atom. The van der Waals surface area contributed by atoms with Crippen LogP contribution in [0.3, 0.4) is 0 Å². The zero-order chi connectivity index (χ0) is 88.6. The Labute approximate surface area is 703 Å². The normalized spacial score (nSPS) is 24.2. The van der Waals surface area contributed by atoms with Crippen LogP contribution in [0.4, 0.5) is 0 Å². The molecule has 0 aliphatic carbocycles. The first kappa shape index (κ1) is 109. The molecular formula is C77H143N9O34. The van der Waals surface area contributed by atoms with E-state index < -0.39 is 141 Å². The van der Waals surface area contributed by atoms with Gasteiger partial charge >= 0.3 is 0 Å². The Balaban J connectivity index is 1.58. The van der Waals surface area contributed by atoms with E-state index >= 15 is 0 Å². The van der Waals surface area contributed by atoms with Crippen LogP contribution in [0.25, 0.3) is 0 Å². The van der Waals surface area contributed by atoms with Gasteiger partial charge in [0.1, 0.15) is 78.6 Å². The fourth-order valence-corrected chi connectivity index (χ4v) is 12.3. The average molecular weight is 1740 g/mol. The lowest BCUT2D eigenvalue weighted by Gasteiger charge is -2.42. The van der Waals surface area contributed by atoms with Crippen molar-refractivity contribution in [2.45, 2.75) is 235 Å². The minimum absolute atomic E-state index is 0.0357. The van der Waals surface area contributed by atoms with Gasteiger partial charge in [-0.2, -0.15) is 0 Å². The van der Waals surface area contributed by atoms with Crippen molar-refractivity contribution in [1.82, 2.24) is 42.5 Å². The molecular weight excluding hydrogens is 1590 g/mol. The molecule has 700 valence electrons. The summed E-state index contributed by atoms with van der Waals surface area (Å²) in [5.41, 5.74) is 3.91. The number of carbonyl (C=O) groups is 8. The summed E-state index contributed by atoms with van der Waals surface area (Å²) in [5.74, 6) is -3.91. The second-order valence-electron chi connectivity index (χ2n) is 30.2. The topological polar surface area (TPSA) is 598 Å². The second-order valence-corrected chi connectivity index (χ2v) is 30.2. The number of amides is 8. The summed E-state index contributed by atoms with van der Waals surface area (Å²) in [6.45, 7) is 11.7. The average Bonchev–Trinajstić information content (AvgIpc) is 0.809. The Hall–Kier alpha value is -5.32. The van der Waals surface area contributed by atoms with Crippen LogP contribution in [0.2, 0.25) is 0 Å². The van der Waals surface area contributed by atoms with Crippen molar-refractivity contribution in [2.24, 2.45) is 11.1 Å². The molecule has 15 unspecified atom stereocenters. The fraction of sp³-hybridized carbons (Fsp3) is 0.896. The third-order valence-corrected chi connectivity index (χ3v) is 19.3. The maximum atomic E-state index is 14.0. The molecule has 0 radical (unpaired) electrons. The minimum atomic E-state index is -1.47. The minimum Gasteiger partial charge on any atom is -0.394 e. The summed E-state index contributed by atoms with van der Waals surface area (Å²) < 4.78 is 97.4. The van der Waals surface area contributed by atoms with Gasteiger partial charge in [-0.25, -0.2) is 0 Å². The van der Waals surface area contributed by atoms with Gasteiger partial charge in [-0.3, -0.25) is 38.4 Å². The predicted octanol–water partition coefficient (Wildman–Crippen LogP) is -5.84. The molecule has 0 spiro atoms. The van der Waals surface area contributed by atoms with Crippen molar-refractivity contribution in [3.8, 4) is 0 Å². The molecule has 3 saturated heterocycles. The number of hydrogen-bond acceptors (Lipinski definition) is 35. The smallest absolute Gasteiger partial charge is 0.222 e. The van der Waals surface area contributed by atoms with Crippen molar-refractivity contribution in [3.05, 3.63) is 0 Å². The van der Waals surface area contributed by atoms with Crippen LogP contribution in [-0.2, 0) is 119 Å². The molecule has 0 saturated carbocycles. The molecule has 120 heavy (non-hydrogen) atoms. The molecule has 3 fully saturated rings. The number of nitrogens with two attached hydrogens (primary N) is 1. The van der Waals surface area contributed by atoms with E-state index in [-0.39, 0.29) is 226 Å². The highest BCUT2D eigenvalue weighted by molar-refractivity contribution is 5.78. The van der Waals surface area contributed by atoms with Crippen LogP contribution in [0.5, 0.6) is 0 Å². The summed E-state index contributed by atoms with van der Waals surface area (Å²) in [6.07, 6.45) is -9.03. The quantitative estimate of drug-likeness (QED) is 0.0199. The van der Waals surface area contributed by atoms with Gasteiger partial charge in [0.05, 0.1) is 172 Å². The Morgan fingerprint density at radius 3 is 0.908 bits per heavy atom. The van der Waals surface area contributed by atoms with E-state index in [1.54, 1.807) is 0 Å². The number of rotatable bonds is 70. The summed E-state index contributed by atoms with van der Waals surface area (Å²) >= 11 is 0. The predicted molar refractivity (Wildman–Crippen MR) is 423 cm³/mol. The van der Waals surface area contributed by atoms with E-state index in [1.807, 2.05) is 27.7 Å². The van der Waals surface area contributed by atoms with Crippen LogP contribution in [0.1, 0.15) is 132 Å². The highest BCUT2D eigenvalue weighted by atomic mass is 16.7. The molecule has 3 aliphatic rings. The first-order chi connectivity index (χ1) is 57.4. The molecule has 3 aliphatic heterocycles. The van der Waals surface area contributed by atoms with Crippen molar-refractivity contribution in [2.75, 3.05) is 205 Å². The third-order valence-electron chi connectivity index (χ3n) is 19.3. The van der Waals surface area contributed by atoms with Gasteiger partial charge in [0.25, 0.3) is 0 Å². The Kier molecular flexibility index (Phi) is 57.7. The van der Waals surface area contributed by atoms with Crippen molar-refractivity contribution in [1.29, 1.82) is 0 Å². The molecule has 3 rings (SSSR count). The summed E-state index contributed by atoms with van der Waals surface area (Å²) in [7, 11) is 0. The zero-order valence-electron chi connectivity index (χ0n) is 71.1. The Morgan fingerprint density at radius 2 is 0.608 bits per heavy atom. The lowest BCUT2D eigenvalue weighted by molar-refractivity contribution is -0.275. The van der Waals surface area contributed by atoms with E-state index in [0.717, 1.165) is 44.9 Å². The van der Waals surface area contributed by atoms with Crippen LogP contribution in [0, 0.1) is 5.41 Å². The number of ether oxygens (including phenoxy) is 17. The van der Waals surface area contributed by atoms with Gasteiger partial charge < -0.3 is 175 Å². The lowest BCUT2D eigenvalue weighted by Crippen LogP contribution is -2.64. The number of nitrogens with one attached hydrogen (secondary N) is 8. The van der Waals surface area contributed by atoms with Crippen molar-refractivity contribution < 1.29 is 165 Å². The number of aliphatic hydroxyl groups is 9. The molecule has 16 atom stereocenters. The largest absolute Gasteiger partial charge is 0.394 e. The maximum absolute atomic E-state index is 14.0. The standard InChI is InChI=1S/C77H143N9O34/c1-52(90)83-63-69(101)66(98)55(46-87)118-72(63)113-43-40-107-37-34-104-30-22-79-59(94)18-26-110-49-77(86-62(97)17-15-13-11-9-8-10-12-14-16-58(93)82-25-33-117-76(7,75(4,5)6)116-29-21-78,50-111-27-19-60(95)80-23-31-105-35-38-108-41-44-114-73-64(84-53(2)91)70(102)67(99)56(47-88)119-73)51-112-28-20-61(96)81-24-32-106-36-39-109-42-45-115-74-65(85-54(3)92)71(103)68(100)57(48-89)120-74/h55-57,63-74,87-89,98-103H,8-51,78H2,1-7H3,(H,79,94)(H,80,95)(H,81,96)(H,82,93)(H,83,90)(H,84,91)(H,85,92)(H,86,97)/t55?,56?,57?,63?,64?,65?,66?,67?,68?,69?,70?,71?,72?,73?,74?,76-,77?/m1/s1. The van der Waals surface area contributed by atoms with Gasteiger partial charge in [-0.05, 0) is 19.8 Å². The van der Waals surface area contributed by atoms with E-state index in [4.69, 9.17) is 86.3 Å². The van der Waals surface area contributed by atoms with Crippen molar-refractivity contribution in [3.63, 3.8) is 0 Å². The molecule has 0 aromatic carbocycles. The molecule has 19 N–H and O–H groups in total. The van der Waals surface area contributed by atoms with Gasteiger partial charge in [-0.1, -0.05) is 59.3 Å². The van der Waals surface area contributed by atoms with Gasteiger partial charge in [0.15, 0.2) is 24.7 Å². The number of unbranched alkanes of at least 4 members (excludes halogenated alkanes) is 7. The Bertz CT molecular complexity index is 2580. The van der Waals surface area contributed by atoms with Gasteiger partial charge in [0, 0.05) is 91.0 Å². The number of carbonyl (C=O) groups excluding carboxylic acids is 8. The zero-order valence-corrected chi connectivity index (χ0v) is 71.1. The first-order valence-electron chi connectivity index (χ1n) is 41.5. The molecule has 8 amide bonds. The lowest BCUT2D eigenvalue weighted by atomic mass is 9.86. The highest BCUT2D eigenvalue weighted by Crippen LogP contribution is 2.35. The summed E-state index contributed by atoms with van der Waals surface area (Å²) in [6, 6.07) is -3.32. The van der Waals surface area contributed by atoms with E-state index in [2.05, 4.69) is 42.5 Å². The van der Waals surface area contributed by atoms with Crippen LogP contribution in [-0.4, -0.2) is 401 Å². The molecule has 3 heterocycles. The monoisotopic (exact) mass is 1740 g/mol. The van der Waals surface area contributed by atoms with Crippen molar-refractivity contribution >= 4 is 47.3 Å². The molecule has 0 aromatic rings. The number of hydrogen-bond donors (Lipinski definition) is 18. The maximum Gasteiger partial charge on any atom is 0.222 e. The molecule has 0 bridgehead atoms. The molecule has 43 nitrogen and oxygen atoms in total. The molecule has 0 aromatic heterocycles. The molecule has 43 heteroatoms. The van der Waals surface area contributed by atoms with Crippen LogP contribution in [0.15, 0.2) is 0 Å². The summed E-state index contributed by atoms with van der Waals surface area (Å²) in [5, 5.41) is 113. The van der Waals surface area contributed by atoms with Crippen LogP contribution < -0.4 is 48.3 Å². The summed E-state index contributed by atoms with van der Waals surface area (Å²) in [4.78, 5) is 101. The van der Waals surface area contributed by atoms with E-state index in [0.29, 0.717) is 32.5 Å².